The molecule has 0 bridgehead atoms. The summed E-state index contributed by atoms with van der Waals surface area (Å²) in [6.45, 7) is 0. The number of hydrogen-bond donors (Lipinski definition) is 1. The van der Waals surface area contributed by atoms with E-state index >= 15 is 0 Å². The van der Waals surface area contributed by atoms with Crippen LogP contribution in [-0.4, -0.2) is 4.98 Å². The fourth-order valence-electron chi connectivity index (χ4n) is 1.72. The molecule has 1 aliphatic rings. The Kier molecular flexibility index (Phi) is 3.40. The highest BCUT2D eigenvalue weighted by Gasteiger charge is 2.19. The minimum absolute atomic E-state index is 0.273. The number of hydrogen-bond acceptors (Lipinski definition) is 5. The summed E-state index contributed by atoms with van der Waals surface area (Å²) in [7, 11) is 0. The zero-order valence-corrected chi connectivity index (χ0v) is 12.1. The number of halogens is 2. The molecule has 0 amide bonds. The summed E-state index contributed by atoms with van der Waals surface area (Å²) < 4.78 is 8.31. The number of fused-ring (bicyclic) bond motifs is 1. The second kappa shape index (κ2) is 5.21. The van der Waals surface area contributed by atoms with Gasteiger partial charge in [0, 0.05) is 6.20 Å². The van der Waals surface area contributed by atoms with Crippen LogP contribution in [0.3, 0.4) is 0 Å². The Balaban J connectivity index is 2.12. The molecule has 2 aromatic rings. The molecule has 1 aliphatic heterocycles. The number of aromatic nitrogens is 1. The fourth-order valence-corrected chi connectivity index (χ4v) is 2.88. The molecule has 0 radical (unpaired) electrons. The van der Waals surface area contributed by atoms with Crippen molar-refractivity contribution in [3.05, 3.63) is 40.1 Å². The minimum atomic E-state index is 0.273. The molecule has 1 aromatic heterocycles. The lowest BCUT2D eigenvalue weighted by atomic mass is 10.2. The molecular formula is C12H5Cl2N5S. The van der Waals surface area contributed by atoms with E-state index in [2.05, 4.69) is 19.0 Å². The van der Waals surface area contributed by atoms with Crippen molar-refractivity contribution < 1.29 is 0 Å². The number of anilines is 2. The van der Waals surface area contributed by atoms with Gasteiger partial charge in [0.25, 0.3) is 0 Å². The highest BCUT2D eigenvalue weighted by Crippen LogP contribution is 2.48. The van der Waals surface area contributed by atoms with Gasteiger partial charge >= 0.3 is 0 Å². The van der Waals surface area contributed by atoms with Gasteiger partial charge in [-0.05, 0) is 18.2 Å². The number of nitriles is 1. The molecule has 1 aromatic carbocycles. The SMILES string of the molecule is N#Cc1ncccc1Nc1c(Cl)cc(Cl)c2c1N=S=N2. The van der Waals surface area contributed by atoms with Gasteiger partial charge in [-0.15, -0.1) is 0 Å². The van der Waals surface area contributed by atoms with E-state index in [1.54, 1.807) is 24.4 Å². The molecule has 5 nitrogen and oxygen atoms in total. The van der Waals surface area contributed by atoms with Crippen molar-refractivity contribution >= 4 is 57.3 Å². The molecule has 0 fully saturated rings. The average molecular weight is 322 g/mol. The lowest BCUT2D eigenvalue weighted by molar-refractivity contribution is 1.26. The molecule has 20 heavy (non-hydrogen) atoms. The van der Waals surface area contributed by atoms with Gasteiger partial charge in [0.1, 0.15) is 17.4 Å². The van der Waals surface area contributed by atoms with Gasteiger partial charge in [-0.3, -0.25) is 0 Å². The van der Waals surface area contributed by atoms with Crippen LogP contribution in [0.25, 0.3) is 0 Å². The van der Waals surface area contributed by atoms with Crippen LogP contribution in [0.1, 0.15) is 5.69 Å². The first kappa shape index (κ1) is 13.1. The van der Waals surface area contributed by atoms with Crippen molar-refractivity contribution in [3.8, 4) is 6.07 Å². The summed E-state index contributed by atoms with van der Waals surface area (Å²) in [6, 6.07) is 7.07. The number of nitrogens with one attached hydrogen (secondary N) is 1. The highest BCUT2D eigenvalue weighted by atomic mass is 35.5. The van der Waals surface area contributed by atoms with Crippen LogP contribution in [-0.2, 0) is 11.4 Å². The first-order valence-electron chi connectivity index (χ1n) is 5.43. The van der Waals surface area contributed by atoms with E-state index in [1.165, 1.54) is 0 Å². The van der Waals surface area contributed by atoms with Crippen LogP contribution < -0.4 is 5.32 Å². The van der Waals surface area contributed by atoms with Crippen molar-refractivity contribution in [3.63, 3.8) is 0 Å². The Morgan fingerprint density at radius 3 is 2.80 bits per heavy atom. The molecule has 8 heteroatoms. The Labute approximate surface area is 128 Å². The van der Waals surface area contributed by atoms with E-state index in [9.17, 15) is 0 Å². The van der Waals surface area contributed by atoms with Crippen LogP contribution in [0, 0.1) is 11.3 Å². The molecule has 1 N–H and O–H groups in total. The van der Waals surface area contributed by atoms with Crippen LogP contribution in [0.5, 0.6) is 0 Å². The summed E-state index contributed by atoms with van der Waals surface area (Å²) in [5.41, 5.74) is 2.53. The summed E-state index contributed by atoms with van der Waals surface area (Å²) in [4.78, 5) is 3.98. The number of rotatable bonds is 2. The van der Waals surface area contributed by atoms with Crippen molar-refractivity contribution in [2.24, 2.45) is 8.73 Å². The molecule has 0 unspecified atom stereocenters. The molecule has 0 aliphatic carbocycles. The topological polar surface area (TPSA) is 73.4 Å². The average Bonchev–Trinajstić information content (AvgIpc) is 2.93. The van der Waals surface area contributed by atoms with Gasteiger partial charge in [0.05, 0.1) is 32.8 Å². The Hall–Kier alpha value is -1.94. The zero-order valence-electron chi connectivity index (χ0n) is 9.76. The highest BCUT2D eigenvalue weighted by molar-refractivity contribution is 7.58. The van der Waals surface area contributed by atoms with Crippen LogP contribution in [0.2, 0.25) is 10.0 Å². The normalized spacial score (nSPS) is 11.7. The minimum Gasteiger partial charge on any atom is -0.350 e. The third-order valence-corrected chi connectivity index (χ3v) is 3.73. The molecule has 0 saturated heterocycles. The lowest BCUT2D eigenvalue weighted by Crippen LogP contribution is -1.96. The van der Waals surface area contributed by atoms with Gasteiger partial charge in [-0.25, -0.2) is 4.98 Å². The van der Waals surface area contributed by atoms with E-state index in [-0.39, 0.29) is 5.69 Å². The van der Waals surface area contributed by atoms with E-state index in [4.69, 9.17) is 28.5 Å². The first-order valence-corrected chi connectivity index (χ1v) is 6.91. The molecule has 2 heterocycles. The van der Waals surface area contributed by atoms with Gasteiger partial charge in [0.2, 0.25) is 0 Å². The van der Waals surface area contributed by atoms with E-state index in [0.717, 1.165) is 11.4 Å². The van der Waals surface area contributed by atoms with Gasteiger partial charge in [-0.1, -0.05) is 23.2 Å². The Morgan fingerprint density at radius 2 is 2.00 bits per heavy atom. The zero-order chi connectivity index (χ0) is 14.1. The van der Waals surface area contributed by atoms with Crippen LogP contribution in [0.4, 0.5) is 22.7 Å². The number of benzene rings is 1. The number of nitrogens with zero attached hydrogens (tertiary/aromatic N) is 4. The van der Waals surface area contributed by atoms with E-state index < -0.39 is 0 Å². The van der Waals surface area contributed by atoms with Crippen molar-refractivity contribution in [1.29, 1.82) is 5.26 Å². The summed E-state index contributed by atoms with van der Waals surface area (Å²) in [5.74, 6) is 0. The summed E-state index contributed by atoms with van der Waals surface area (Å²) in [5, 5.41) is 13.0. The third-order valence-electron chi connectivity index (χ3n) is 2.62. The molecule has 0 spiro atoms. The maximum Gasteiger partial charge on any atom is 0.163 e. The Bertz CT molecular complexity index is 821. The standard InChI is InChI=1S/C12H5Cl2N5S/c13-6-4-7(14)11-12(19-20-18-11)10(6)17-8-2-1-3-16-9(8)5-15/h1-4,17H. The lowest BCUT2D eigenvalue weighted by Gasteiger charge is -2.12. The quantitative estimate of drug-likeness (QED) is 0.741. The van der Waals surface area contributed by atoms with Crippen LogP contribution in [0.15, 0.2) is 33.1 Å². The third kappa shape index (κ3) is 2.16. The molecule has 0 saturated carbocycles. The predicted octanol–water partition coefficient (Wildman–Crippen LogP) is 4.73. The van der Waals surface area contributed by atoms with E-state index in [1.807, 2.05) is 6.07 Å². The Morgan fingerprint density at radius 1 is 1.20 bits per heavy atom. The molecule has 3 rings (SSSR count). The summed E-state index contributed by atoms with van der Waals surface area (Å²) in [6.07, 6.45) is 1.55. The smallest absolute Gasteiger partial charge is 0.163 e. The van der Waals surface area contributed by atoms with Gasteiger partial charge < -0.3 is 5.32 Å². The molecule has 0 atom stereocenters. The van der Waals surface area contributed by atoms with Crippen molar-refractivity contribution in [1.82, 2.24) is 4.98 Å². The second-order valence-corrected chi connectivity index (χ2v) is 5.16. The molecular weight excluding hydrogens is 317 g/mol. The van der Waals surface area contributed by atoms with Crippen molar-refractivity contribution in [2.75, 3.05) is 5.32 Å². The maximum absolute atomic E-state index is 9.05. The van der Waals surface area contributed by atoms with Crippen LogP contribution >= 0.6 is 23.2 Å². The second-order valence-electron chi connectivity index (χ2n) is 3.81. The monoisotopic (exact) mass is 321 g/mol. The fraction of sp³-hybridized carbons (Fsp3) is 0. The predicted molar refractivity (Wildman–Crippen MR) is 80.2 cm³/mol. The van der Waals surface area contributed by atoms with Crippen molar-refractivity contribution in [2.45, 2.75) is 0 Å². The molecule has 98 valence electrons. The van der Waals surface area contributed by atoms with E-state index in [0.29, 0.717) is 32.8 Å². The maximum atomic E-state index is 9.05. The number of pyridine rings is 1. The van der Waals surface area contributed by atoms with Gasteiger partial charge in [-0.2, -0.15) is 14.0 Å². The summed E-state index contributed by atoms with van der Waals surface area (Å²) >= 11 is 13.3. The van der Waals surface area contributed by atoms with Gasteiger partial charge in [0.15, 0.2) is 5.69 Å². The first-order chi connectivity index (χ1) is 9.70. The largest absolute Gasteiger partial charge is 0.350 e.